The maximum atomic E-state index is 2.44. The number of nitrogens with zero attached hydrogens (tertiary/aromatic N) is 6. The summed E-state index contributed by atoms with van der Waals surface area (Å²) in [6, 6.07) is 196. The maximum absolute atomic E-state index is 2.44. The molecule has 3 heterocycles. The van der Waals surface area contributed by atoms with Gasteiger partial charge in [-0.2, -0.15) is 0 Å². The van der Waals surface area contributed by atoms with Crippen LogP contribution in [0.5, 0.6) is 0 Å². The Labute approximate surface area is 790 Å². The Morgan fingerprint density at radius 1 is 0.132 bits per heavy atom. The van der Waals surface area contributed by atoms with Crippen molar-refractivity contribution in [1.82, 2.24) is 13.7 Å². The van der Waals surface area contributed by atoms with Crippen molar-refractivity contribution >= 4 is 160 Å². The molecular formula is C130H90N6. The summed E-state index contributed by atoms with van der Waals surface area (Å²) in [6.07, 6.45) is 0. The van der Waals surface area contributed by atoms with Crippen LogP contribution in [0.1, 0.15) is 0 Å². The monoisotopic (exact) mass is 1730 g/mol. The molecule has 0 atom stereocenters. The lowest BCUT2D eigenvalue weighted by Gasteiger charge is -2.28. The molecule has 0 aliphatic carbocycles. The van der Waals surface area contributed by atoms with Gasteiger partial charge in [0.1, 0.15) is 0 Å². The smallest absolute Gasteiger partial charge is 0.0640 e. The molecule has 6 heteroatoms. The molecule has 0 bridgehead atoms. The molecule has 6 nitrogen and oxygen atoms in total. The van der Waals surface area contributed by atoms with E-state index < -0.39 is 0 Å². The summed E-state index contributed by atoms with van der Waals surface area (Å²) in [5.41, 5.74) is 30.5. The quantitative estimate of drug-likeness (QED) is 0.0964. The van der Waals surface area contributed by atoms with Gasteiger partial charge < -0.3 is 28.4 Å². The van der Waals surface area contributed by atoms with E-state index in [1.807, 2.05) is 0 Å². The highest BCUT2D eigenvalue weighted by atomic mass is 15.2. The molecule has 0 radical (unpaired) electrons. The molecule has 26 aromatic rings. The summed E-state index contributed by atoms with van der Waals surface area (Å²) in [7, 11) is 0. The third kappa shape index (κ3) is 15.1. The lowest BCUT2D eigenvalue weighted by molar-refractivity contribution is 1.18. The second kappa shape index (κ2) is 35.6. The van der Waals surface area contributed by atoms with Crippen LogP contribution in [0.15, 0.2) is 546 Å². The largest absolute Gasteiger partial charge is 0.310 e. The van der Waals surface area contributed by atoms with E-state index in [1.54, 1.807) is 0 Å². The van der Waals surface area contributed by atoms with Gasteiger partial charge in [-0.15, -0.1) is 0 Å². The minimum Gasteiger partial charge on any atom is -0.310 e. The predicted molar refractivity (Wildman–Crippen MR) is 578 cm³/mol. The van der Waals surface area contributed by atoms with Gasteiger partial charge >= 0.3 is 0 Å². The van der Waals surface area contributed by atoms with Crippen LogP contribution >= 0.6 is 0 Å². The van der Waals surface area contributed by atoms with Gasteiger partial charge in [0.05, 0.1) is 38.8 Å². The van der Waals surface area contributed by atoms with Crippen LogP contribution in [-0.4, -0.2) is 13.7 Å². The SMILES string of the molecule is c1ccc(-c2ccc(N(c3ccc(-c4ccccc4)cc3)c3ccc4c(ccc5c6ccccc6n(-c6ccccc6)c45)c3)cc2)cc1.c1ccc(-c2cccc(N(c3cccc(-c4ccccc4)c3)c3cccc4ccc5c6ccccc6n(-c6ccccc6)c5c34)c2)cc1.c1ccc(N(c2ccc3ccccc3c2)c2ccc3ccc4c5ccccc5n(-c5ccccc5)c4c3c2)cc1. The van der Waals surface area contributed by atoms with Crippen LogP contribution < -0.4 is 14.7 Å². The highest BCUT2D eigenvalue weighted by Gasteiger charge is 2.26. The number of benzene rings is 23. The van der Waals surface area contributed by atoms with Gasteiger partial charge in [-0.25, -0.2) is 0 Å². The zero-order valence-corrected chi connectivity index (χ0v) is 74.6. The molecule has 0 unspecified atom stereocenters. The van der Waals surface area contributed by atoms with Crippen LogP contribution in [0.25, 0.3) is 170 Å². The molecular weight excluding hydrogens is 1650 g/mol. The number of hydrogen-bond donors (Lipinski definition) is 0. The van der Waals surface area contributed by atoms with E-state index >= 15 is 0 Å². The van der Waals surface area contributed by atoms with E-state index in [2.05, 4.69) is 574 Å². The molecule has 0 amide bonds. The Hall–Kier alpha value is -18.1. The molecule has 0 fully saturated rings. The van der Waals surface area contributed by atoms with E-state index in [0.29, 0.717) is 0 Å². The van der Waals surface area contributed by atoms with Crippen molar-refractivity contribution in [1.29, 1.82) is 0 Å². The first-order chi connectivity index (χ1) is 67.5. The van der Waals surface area contributed by atoms with Crippen LogP contribution in [0.3, 0.4) is 0 Å². The summed E-state index contributed by atoms with van der Waals surface area (Å²) in [5.74, 6) is 0. The molecule has 0 spiro atoms. The van der Waals surface area contributed by atoms with Crippen LogP contribution in [-0.2, 0) is 0 Å². The maximum Gasteiger partial charge on any atom is 0.0640 e. The molecule has 0 aliphatic rings. The van der Waals surface area contributed by atoms with E-state index in [-0.39, 0.29) is 0 Å². The van der Waals surface area contributed by atoms with Gasteiger partial charge in [0.15, 0.2) is 0 Å². The predicted octanol–water partition coefficient (Wildman–Crippen LogP) is 36.0. The number of aromatic nitrogens is 3. The zero-order valence-electron chi connectivity index (χ0n) is 74.6. The number of anilines is 9. The van der Waals surface area contributed by atoms with Gasteiger partial charge in [-0.05, 0) is 229 Å². The first kappa shape index (κ1) is 81.2. The topological polar surface area (TPSA) is 24.5 Å². The van der Waals surface area contributed by atoms with Gasteiger partial charge in [-0.1, -0.05) is 388 Å². The standard InChI is InChI=1S/2C46H32N2.C38H26N2/c1-4-15-33(16-5-1)36-20-12-24-39(31-36)47(40-25-13-21-37(32-40)34-17-6-2-7-18-34)44-28-14-19-35-29-30-42-41-26-10-11-27-43(41)48(46(42)45(35)44)38-22-8-3-9-23-38;1-4-12-33(13-5-1)35-20-25-39(26-21-35)47(40-27-22-36(23-28-40)34-14-6-2-7-15-34)41-29-31-42-37(32-41)24-30-44-43-18-10-11-19-45(43)48(46(42)44)38-16-8-3-9-17-38;1-3-13-30(14-4-1)39(32-22-19-27-11-7-8-12-29(27)25-32)33-23-20-28-21-24-35-34-17-9-10-18-37(34)40(38(35)36(28)26-33)31-15-5-2-6-16-31/h2*1-32H;1-26H. The molecule has 26 rings (SSSR count). The Balaban J connectivity index is 0.000000112. The molecule has 136 heavy (non-hydrogen) atoms. The highest BCUT2D eigenvalue weighted by molar-refractivity contribution is 6.24. The number of rotatable bonds is 16. The first-order valence-corrected chi connectivity index (χ1v) is 46.6. The number of para-hydroxylation sites is 7. The minimum atomic E-state index is 1.11. The van der Waals surface area contributed by atoms with E-state index in [0.717, 1.165) is 56.9 Å². The fourth-order valence-electron chi connectivity index (χ4n) is 20.3. The Bertz CT molecular complexity index is 8700. The zero-order chi connectivity index (χ0) is 90.2. The fourth-order valence-corrected chi connectivity index (χ4v) is 20.3. The third-order valence-electron chi connectivity index (χ3n) is 26.6. The van der Waals surface area contributed by atoms with E-state index in [1.165, 1.54) is 164 Å². The third-order valence-corrected chi connectivity index (χ3v) is 26.6. The molecule has 23 aromatic carbocycles. The van der Waals surface area contributed by atoms with Gasteiger partial charge in [0, 0.05) is 111 Å². The molecule has 0 saturated heterocycles. The van der Waals surface area contributed by atoms with Crippen molar-refractivity contribution in [2.75, 3.05) is 14.7 Å². The summed E-state index contributed by atoms with van der Waals surface area (Å²) >= 11 is 0. The fraction of sp³-hybridized carbons (Fsp3) is 0. The second-order valence-corrected chi connectivity index (χ2v) is 34.7. The number of hydrogen-bond acceptors (Lipinski definition) is 3. The summed E-state index contributed by atoms with van der Waals surface area (Å²) in [6.45, 7) is 0. The summed E-state index contributed by atoms with van der Waals surface area (Å²) in [5, 5.41) is 17.3. The van der Waals surface area contributed by atoms with Crippen molar-refractivity contribution in [3.05, 3.63) is 546 Å². The Kier molecular flexibility index (Phi) is 21.3. The van der Waals surface area contributed by atoms with Crippen molar-refractivity contribution in [3.8, 4) is 61.6 Å². The molecule has 0 aliphatic heterocycles. The van der Waals surface area contributed by atoms with Crippen LogP contribution in [0, 0.1) is 0 Å². The lowest BCUT2D eigenvalue weighted by Crippen LogP contribution is -2.11. The Morgan fingerprint density at radius 3 is 0.904 bits per heavy atom. The molecule has 0 saturated carbocycles. The van der Waals surface area contributed by atoms with Gasteiger partial charge in [0.25, 0.3) is 0 Å². The number of fused-ring (bicyclic) bond motifs is 16. The van der Waals surface area contributed by atoms with E-state index in [4.69, 9.17) is 0 Å². The lowest BCUT2D eigenvalue weighted by atomic mass is 10.00. The van der Waals surface area contributed by atoms with Crippen LogP contribution in [0.4, 0.5) is 51.2 Å². The average Bonchev–Trinajstić information content (AvgIpc) is 1.57. The second-order valence-electron chi connectivity index (χ2n) is 34.7. The van der Waals surface area contributed by atoms with Crippen molar-refractivity contribution in [2.45, 2.75) is 0 Å². The molecule has 3 aromatic heterocycles. The van der Waals surface area contributed by atoms with Crippen molar-refractivity contribution in [2.24, 2.45) is 0 Å². The summed E-state index contributed by atoms with van der Waals surface area (Å²) < 4.78 is 7.27. The van der Waals surface area contributed by atoms with Crippen molar-refractivity contribution < 1.29 is 0 Å². The molecule has 640 valence electrons. The molecule has 0 N–H and O–H groups in total. The summed E-state index contributed by atoms with van der Waals surface area (Å²) in [4.78, 5) is 7.16. The minimum absolute atomic E-state index is 1.11. The van der Waals surface area contributed by atoms with E-state index in [9.17, 15) is 0 Å². The average molecular weight is 1740 g/mol. The van der Waals surface area contributed by atoms with Gasteiger partial charge in [0.2, 0.25) is 0 Å². The Morgan fingerprint density at radius 2 is 0.419 bits per heavy atom. The van der Waals surface area contributed by atoms with Crippen LogP contribution in [0.2, 0.25) is 0 Å². The normalized spacial score (nSPS) is 11.4. The van der Waals surface area contributed by atoms with Crippen molar-refractivity contribution in [3.63, 3.8) is 0 Å². The van der Waals surface area contributed by atoms with Gasteiger partial charge in [-0.3, -0.25) is 0 Å². The highest BCUT2D eigenvalue weighted by Crippen LogP contribution is 2.49. The first-order valence-electron chi connectivity index (χ1n) is 46.6.